The van der Waals surface area contributed by atoms with Crippen LogP contribution in [-0.4, -0.2) is 50.7 Å². The highest BCUT2D eigenvalue weighted by molar-refractivity contribution is 6.33. The first-order chi connectivity index (χ1) is 13.6. The number of carbonyl (C=O) groups is 1. The molecule has 28 heavy (non-hydrogen) atoms. The number of hydrogen-bond acceptors (Lipinski definition) is 5. The molecule has 1 heterocycles. The molecule has 1 fully saturated rings. The number of benzene rings is 2. The number of rotatable bonds is 6. The normalized spacial score (nSPS) is 15.0. The first kappa shape index (κ1) is 20.2. The summed E-state index contributed by atoms with van der Waals surface area (Å²) in [7, 11) is 1.56. The number of hydrogen-bond donors (Lipinski definition) is 0. The summed E-state index contributed by atoms with van der Waals surface area (Å²) in [6.45, 7) is 6.16. The second-order valence-electron chi connectivity index (χ2n) is 6.65. The standard InChI is InChI=1S/C22H25ClN2O3/c1-17(26)28-21-10-9-18(16-22(21)27-2)6-5-11-24-12-14-25(15-13-24)20-8-4-3-7-19(20)23/h3-10,16H,11-15H2,1-2H3/b6-5-. The molecule has 3 rings (SSSR count). The first-order valence-electron chi connectivity index (χ1n) is 9.31. The van der Waals surface area contributed by atoms with Crippen molar-refractivity contribution in [3.8, 4) is 11.5 Å². The molecule has 0 saturated carbocycles. The molecule has 0 amide bonds. The van der Waals surface area contributed by atoms with E-state index in [0.29, 0.717) is 11.5 Å². The number of nitrogens with zero attached hydrogens (tertiary/aromatic N) is 2. The van der Waals surface area contributed by atoms with Gasteiger partial charge in [0, 0.05) is 39.6 Å². The van der Waals surface area contributed by atoms with Gasteiger partial charge in [-0.25, -0.2) is 0 Å². The fourth-order valence-electron chi connectivity index (χ4n) is 3.24. The molecule has 0 aliphatic carbocycles. The summed E-state index contributed by atoms with van der Waals surface area (Å²) in [5.74, 6) is 0.617. The first-order valence-corrected chi connectivity index (χ1v) is 9.69. The van der Waals surface area contributed by atoms with Crippen LogP contribution in [0.1, 0.15) is 12.5 Å². The van der Waals surface area contributed by atoms with E-state index in [2.05, 4.69) is 28.0 Å². The van der Waals surface area contributed by atoms with Gasteiger partial charge in [-0.2, -0.15) is 0 Å². The van der Waals surface area contributed by atoms with Gasteiger partial charge in [0.1, 0.15) is 0 Å². The van der Waals surface area contributed by atoms with Gasteiger partial charge in [-0.1, -0.05) is 42.0 Å². The van der Waals surface area contributed by atoms with Gasteiger partial charge >= 0.3 is 5.97 Å². The Bertz CT molecular complexity index is 845. The molecule has 1 aliphatic heterocycles. The Balaban J connectivity index is 1.53. The molecule has 1 saturated heterocycles. The highest BCUT2D eigenvalue weighted by Crippen LogP contribution is 2.29. The highest BCUT2D eigenvalue weighted by atomic mass is 35.5. The predicted molar refractivity (Wildman–Crippen MR) is 113 cm³/mol. The summed E-state index contributed by atoms with van der Waals surface area (Å²) >= 11 is 6.30. The maximum absolute atomic E-state index is 11.1. The van der Waals surface area contributed by atoms with Gasteiger partial charge in [-0.15, -0.1) is 0 Å². The molecular formula is C22H25ClN2O3. The fraction of sp³-hybridized carbons (Fsp3) is 0.318. The van der Waals surface area contributed by atoms with Crippen LogP contribution in [0.15, 0.2) is 48.5 Å². The monoisotopic (exact) mass is 400 g/mol. The van der Waals surface area contributed by atoms with Gasteiger partial charge in [-0.3, -0.25) is 9.69 Å². The van der Waals surface area contributed by atoms with Crippen LogP contribution in [0.4, 0.5) is 5.69 Å². The number of piperazine rings is 1. The number of esters is 1. The zero-order chi connectivity index (χ0) is 19.9. The highest BCUT2D eigenvalue weighted by Gasteiger charge is 2.17. The molecule has 0 unspecified atom stereocenters. The lowest BCUT2D eigenvalue weighted by molar-refractivity contribution is -0.132. The van der Waals surface area contributed by atoms with Crippen molar-refractivity contribution >= 4 is 29.3 Å². The fourth-order valence-corrected chi connectivity index (χ4v) is 3.50. The minimum Gasteiger partial charge on any atom is -0.493 e. The second-order valence-corrected chi connectivity index (χ2v) is 7.05. The minimum absolute atomic E-state index is 0.363. The zero-order valence-corrected chi connectivity index (χ0v) is 17.0. The molecule has 0 atom stereocenters. The van der Waals surface area contributed by atoms with E-state index in [-0.39, 0.29) is 5.97 Å². The quantitative estimate of drug-likeness (QED) is 0.539. The van der Waals surface area contributed by atoms with Crippen LogP contribution >= 0.6 is 11.6 Å². The van der Waals surface area contributed by atoms with Crippen LogP contribution in [0.5, 0.6) is 11.5 Å². The maximum Gasteiger partial charge on any atom is 0.308 e. The molecule has 5 nitrogen and oxygen atoms in total. The average molecular weight is 401 g/mol. The molecule has 2 aromatic carbocycles. The van der Waals surface area contributed by atoms with Crippen molar-refractivity contribution in [3.05, 3.63) is 59.1 Å². The Labute approximate surface area is 171 Å². The van der Waals surface area contributed by atoms with E-state index in [1.54, 1.807) is 13.2 Å². The van der Waals surface area contributed by atoms with Gasteiger partial charge in [-0.05, 0) is 29.8 Å². The smallest absolute Gasteiger partial charge is 0.308 e. The molecule has 6 heteroatoms. The average Bonchev–Trinajstić information content (AvgIpc) is 2.69. The van der Waals surface area contributed by atoms with E-state index in [1.807, 2.05) is 30.3 Å². The van der Waals surface area contributed by atoms with E-state index in [4.69, 9.17) is 21.1 Å². The number of para-hydroxylation sites is 1. The third-order valence-electron chi connectivity index (χ3n) is 4.68. The van der Waals surface area contributed by atoms with Gasteiger partial charge < -0.3 is 14.4 Å². The van der Waals surface area contributed by atoms with Crippen LogP contribution in [-0.2, 0) is 4.79 Å². The molecule has 0 aromatic heterocycles. The Morgan fingerprint density at radius 3 is 2.54 bits per heavy atom. The van der Waals surface area contributed by atoms with Crippen LogP contribution in [0.3, 0.4) is 0 Å². The molecule has 148 valence electrons. The summed E-state index contributed by atoms with van der Waals surface area (Å²) in [6.07, 6.45) is 4.20. The molecule has 0 bridgehead atoms. The minimum atomic E-state index is -0.363. The number of methoxy groups -OCH3 is 1. The third kappa shape index (κ3) is 5.27. The van der Waals surface area contributed by atoms with Crippen molar-refractivity contribution in [3.63, 3.8) is 0 Å². The number of ether oxygens (including phenoxy) is 2. The zero-order valence-electron chi connectivity index (χ0n) is 16.2. The van der Waals surface area contributed by atoms with Crippen molar-refractivity contribution in [2.45, 2.75) is 6.92 Å². The van der Waals surface area contributed by atoms with E-state index < -0.39 is 0 Å². The van der Waals surface area contributed by atoms with Gasteiger partial charge in [0.2, 0.25) is 0 Å². The van der Waals surface area contributed by atoms with Crippen molar-refractivity contribution in [2.75, 3.05) is 44.7 Å². The van der Waals surface area contributed by atoms with Gasteiger partial charge in [0.15, 0.2) is 11.5 Å². The van der Waals surface area contributed by atoms with E-state index in [1.165, 1.54) is 6.92 Å². The maximum atomic E-state index is 11.1. The Morgan fingerprint density at radius 1 is 1.11 bits per heavy atom. The third-order valence-corrected chi connectivity index (χ3v) is 5.00. The number of halogens is 1. The van der Waals surface area contributed by atoms with Gasteiger partial charge in [0.25, 0.3) is 0 Å². The Morgan fingerprint density at radius 2 is 1.86 bits per heavy atom. The summed E-state index contributed by atoms with van der Waals surface area (Å²) in [5, 5.41) is 0.807. The Hall–Kier alpha value is -2.50. The molecule has 2 aromatic rings. The SMILES string of the molecule is COc1cc(/C=C\CN2CCN(c3ccccc3Cl)CC2)ccc1OC(C)=O. The van der Waals surface area contributed by atoms with Gasteiger partial charge in [0.05, 0.1) is 17.8 Å². The predicted octanol–water partition coefficient (Wildman–Crippen LogP) is 4.11. The summed E-state index contributed by atoms with van der Waals surface area (Å²) in [6, 6.07) is 13.5. The van der Waals surface area contributed by atoms with Crippen LogP contribution in [0.2, 0.25) is 5.02 Å². The Kier molecular flexibility index (Phi) is 6.95. The molecule has 0 N–H and O–H groups in total. The van der Waals surface area contributed by atoms with E-state index in [9.17, 15) is 4.79 Å². The molecular weight excluding hydrogens is 376 g/mol. The van der Waals surface area contributed by atoms with Crippen molar-refractivity contribution in [1.29, 1.82) is 0 Å². The lowest BCUT2D eigenvalue weighted by atomic mass is 10.2. The van der Waals surface area contributed by atoms with E-state index in [0.717, 1.165) is 49.0 Å². The lowest BCUT2D eigenvalue weighted by Gasteiger charge is -2.36. The molecule has 1 aliphatic rings. The summed E-state index contributed by atoms with van der Waals surface area (Å²) < 4.78 is 10.4. The van der Waals surface area contributed by atoms with Crippen LogP contribution in [0, 0.1) is 0 Å². The molecule has 0 spiro atoms. The number of carbonyl (C=O) groups excluding carboxylic acids is 1. The second kappa shape index (κ2) is 9.62. The largest absolute Gasteiger partial charge is 0.493 e. The van der Waals surface area contributed by atoms with Crippen molar-refractivity contribution in [1.82, 2.24) is 4.90 Å². The molecule has 0 radical (unpaired) electrons. The van der Waals surface area contributed by atoms with Crippen molar-refractivity contribution in [2.24, 2.45) is 0 Å². The van der Waals surface area contributed by atoms with Crippen molar-refractivity contribution < 1.29 is 14.3 Å². The lowest BCUT2D eigenvalue weighted by Crippen LogP contribution is -2.46. The number of anilines is 1. The van der Waals surface area contributed by atoms with Crippen LogP contribution in [0.25, 0.3) is 6.08 Å². The topological polar surface area (TPSA) is 42.0 Å². The summed E-state index contributed by atoms with van der Waals surface area (Å²) in [5.41, 5.74) is 2.11. The summed E-state index contributed by atoms with van der Waals surface area (Å²) in [4.78, 5) is 15.9. The van der Waals surface area contributed by atoms with E-state index >= 15 is 0 Å². The van der Waals surface area contributed by atoms with Crippen LogP contribution < -0.4 is 14.4 Å².